The molecule has 1 aliphatic carbocycles. The van der Waals surface area contributed by atoms with Gasteiger partial charge in [0.1, 0.15) is 0 Å². The molecule has 2 rings (SSSR count). The van der Waals surface area contributed by atoms with Crippen LogP contribution in [-0.2, 0) is 6.42 Å². The highest BCUT2D eigenvalue weighted by Gasteiger charge is 2.38. The molecule has 0 bridgehead atoms. The van der Waals surface area contributed by atoms with Crippen LogP contribution >= 0.6 is 34.8 Å². The van der Waals surface area contributed by atoms with E-state index in [9.17, 15) is 0 Å². The third-order valence-corrected chi connectivity index (χ3v) is 5.77. The molecule has 0 heterocycles. The summed E-state index contributed by atoms with van der Waals surface area (Å²) in [7, 11) is 0. The molecule has 0 N–H and O–H groups in total. The van der Waals surface area contributed by atoms with E-state index < -0.39 is 0 Å². The highest BCUT2D eigenvalue weighted by atomic mass is 35.5. The Kier molecular flexibility index (Phi) is 5.32. The molecule has 0 nitrogen and oxygen atoms in total. The first-order valence-corrected chi connectivity index (χ1v) is 8.57. The summed E-state index contributed by atoms with van der Waals surface area (Å²) in [6.45, 7) is 6.93. The molecule has 3 unspecified atom stereocenters. The van der Waals surface area contributed by atoms with Gasteiger partial charge in [-0.2, -0.15) is 0 Å². The molecule has 0 saturated heterocycles. The Bertz CT molecular complexity index is 467. The standard InChI is InChI=1S/C17H23Cl3/c1-11-4-7-14(16(20)8-11)17(2,3)10-12-5-6-13(18)9-15(12)19/h5-6,9,11,14,16H,4,7-8,10H2,1-3H3. The van der Waals surface area contributed by atoms with Crippen molar-refractivity contribution in [2.24, 2.45) is 17.3 Å². The number of benzene rings is 1. The van der Waals surface area contributed by atoms with Crippen molar-refractivity contribution in [3.05, 3.63) is 33.8 Å². The van der Waals surface area contributed by atoms with Gasteiger partial charge in [0, 0.05) is 15.4 Å². The van der Waals surface area contributed by atoms with Crippen molar-refractivity contribution in [3.63, 3.8) is 0 Å². The molecule has 0 radical (unpaired) electrons. The van der Waals surface area contributed by atoms with Gasteiger partial charge in [0.2, 0.25) is 0 Å². The molecule has 1 saturated carbocycles. The smallest absolute Gasteiger partial charge is 0.0453 e. The topological polar surface area (TPSA) is 0 Å². The molecule has 1 aromatic rings. The number of halogens is 3. The van der Waals surface area contributed by atoms with Gasteiger partial charge in [-0.3, -0.25) is 0 Å². The zero-order valence-corrected chi connectivity index (χ0v) is 14.7. The number of hydrogen-bond donors (Lipinski definition) is 0. The fraction of sp³-hybridized carbons (Fsp3) is 0.647. The Hall–Kier alpha value is 0.0900. The van der Waals surface area contributed by atoms with E-state index >= 15 is 0 Å². The number of hydrogen-bond acceptors (Lipinski definition) is 0. The van der Waals surface area contributed by atoms with Gasteiger partial charge < -0.3 is 0 Å². The van der Waals surface area contributed by atoms with E-state index in [1.807, 2.05) is 18.2 Å². The minimum Gasteiger partial charge on any atom is -0.123 e. The summed E-state index contributed by atoms with van der Waals surface area (Å²) >= 11 is 18.9. The average molecular weight is 334 g/mol. The summed E-state index contributed by atoms with van der Waals surface area (Å²) in [5.74, 6) is 1.30. The molecular formula is C17H23Cl3. The Morgan fingerprint density at radius 3 is 2.50 bits per heavy atom. The highest BCUT2D eigenvalue weighted by Crippen LogP contribution is 2.45. The summed E-state index contributed by atoms with van der Waals surface area (Å²) in [6.07, 6.45) is 4.58. The van der Waals surface area contributed by atoms with E-state index in [1.54, 1.807) is 0 Å². The summed E-state index contributed by atoms with van der Waals surface area (Å²) in [6, 6.07) is 5.79. The van der Waals surface area contributed by atoms with Crippen LogP contribution in [0.15, 0.2) is 18.2 Å². The van der Waals surface area contributed by atoms with Crippen LogP contribution in [0.4, 0.5) is 0 Å². The lowest BCUT2D eigenvalue weighted by molar-refractivity contribution is 0.142. The third-order valence-electron chi connectivity index (χ3n) is 4.70. The van der Waals surface area contributed by atoms with Gasteiger partial charge in [-0.15, -0.1) is 11.6 Å². The van der Waals surface area contributed by atoms with E-state index in [0.717, 1.165) is 23.8 Å². The van der Waals surface area contributed by atoms with Gasteiger partial charge in [-0.05, 0) is 54.2 Å². The van der Waals surface area contributed by atoms with Crippen molar-refractivity contribution in [2.45, 2.75) is 51.8 Å². The maximum Gasteiger partial charge on any atom is 0.0453 e. The summed E-state index contributed by atoms with van der Waals surface area (Å²) < 4.78 is 0. The zero-order chi connectivity index (χ0) is 14.9. The van der Waals surface area contributed by atoms with Crippen LogP contribution in [0.25, 0.3) is 0 Å². The van der Waals surface area contributed by atoms with Crippen molar-refractivity contribution in [1.29, 1.82) is 0 Å². The van der Waals surface area contributed by atoms with Gasteiger partial charge in [0.25, 0.3) is 0 Å². The first kappa shape index (κ1) is 16.5. The molecule has 112 valence electrons. The molecule has 0 aromatic heterocycles. The van der Waals surface area contributed by atoms with Crippen LogP contribution in [-0.4, -0.2) is 5.38 Å². The summed E-state index contributed by atoms with van der Waals surface area (Å²) in [5, 5.41) is 1.74. The molecular weight excluding hydrogens is 311 g/mol. The molecule has 0 aliphatic heterocycles. The van der Waals surface area contributed by atoms with Crippen LogP contribution in [0, 0.1) is 17.3 Å². The molecule has 0 spiro atoms. The molecule has 20 heavy (non-hydrogen) atoms. The van der Waals surface area contributed by atoms with Crippen LogP contribution in [0.2, 0.25) is 10.0 Å². The molecule has 3 atom stereocenters. The average Bonchev–Trinajstić information content (AvgIpc) is 2.32. The second kappa shape index (κ2) is 6.46. The second-order valence-corrected chi connectivity index (χ2v) is 8.35. The summed E-state index contributed by atoms with van der Waals surface area (Å²) in [4.78, 5) is 0. The zero-order valence-electron chi connectivity index (χ0n) is 12.4. The van der Waals surface area contributed by atoms with E-state index in [2.05, 4.69) is 20.8 Å². The monoisotopic (exact) mass is 332 g/mol. The van der Waals surface area contributed by atoms with Gasteiger partial charge in [-0.25, -0.2) is 0 Å². The fourth-order valence-corrected chi connectivity index (χ4v) is 4.73. The van der Waals surface area contributed by atoms with Crippen LogP contribution in [0.1, 0.15) is 45.6 Å². The highest BCUT2D eigenvalue weighted by molar-refractivity contribution is 6.35. The van der Waals surface area contributed by atoms with Gasteiger partial charge in [0.15, 0.2) is 0 Å². The Balaban J connectivity index is 2.14. The number of alkyl halides is 1. The largest absolute Gasteiger partial charge is 0.123 e. The van der Waals surface area contributed by atoms with Crippen LogP contribution < -0.4 is 0 Å². The third kappa shape index (κ3) is 3.84. The van der Waals surface area contributed by atoms with Crippen molar-refractivity contribution < 1.29 is 0 Å². The predicted molar refractivity (Wildman–Crippen MR) is 90.1 cm³/mol. The molecule has 1 aromatic carbocycles. The van der Waals surface area contributed by atoms with Crippen molar-refractivity contribution in [3.8, 4) is 0 Å². The minimum absolute atomic E-state index is 0.157. The molecule has 0 amide bonds. The van der Waals surface area contributed by atoms with Crippen molar-refractivity contribution >= 4 is 34.8 Å². The molecule has 3 heteroatoms. The maximum atomic E-state index is 6.64. The maximum absolute atomic E-state index is 6.64. The van der Waals surface area contributed by atoms with Crippen molar-refractivity contribution in [2.75, 3.05) is 0 Å². The SMILES string of the molecule is CC1CCC(C(C)(C)Cc2ccc(Cl)cc2Cl)C(Cl)C1. The summed E-state index contributed by atoms with van der Waals surface area (Å²) in [5.41, 5.74) is 1.33. The number of rotatable bonds is 3. The molecule has 1 aliphatic rings. The van der Waals surface area contributed by atoms with Gasteiger partial charge in [0.05, 0.1) is 0 Å². The van der Waals surface area contributed by atoms with E-state index in [-0.39, 0.29) is 10.8 Å². The lowest BCUT2D eigenvalue weighted by Crippen LogP contribution is -2.37. The lowest BCUT2D eigenvalue weighted by atomic mass is 9.66. The normalized spacial score (nSPS) is 27.6. The quantitative estimate of drug-likeness (QED) is 0.546. The fourth-order valence-electron chi connectivity index (χ4n) is 3.48. The Morgan fingerprint density at radius 2 is 1.90 bits per heavy atom. The van der Waals surface area contributed by atoms with Crippen molar-refractivity contribution in [1.82, 2.24) is 0 Å². The predicted octanol–water partition coefficient (Wildman–Crippen LogP) is 6.61. The Labute approximate surface area is 137 Å². The van der Waals surface area contributed by atoms with E-state index in [0.29, 0.717) is 10.9 Å². The van der Waals surface area contributed by atoms with Gasteiger partial charge >= 0.3 is 0 Å². The lowest BCUT2D eigenvalue weighted by Gasteiger charge is -2.42. The van der Waals surface area contributed by atoms with Gasteiger partial charge in [-0.1, -0.05) is 56.5 Å². The Morgan fingerprint density at radius 1 is 1.20 bits per heavy atom. The van der Waals surface area contributed by atoms with E-state index in [4.69, 9.17) is 34.8 Å². The van der Waals surface area contributed by atoms with Crippen LogP contribution in [0.5, 0.6) is 0 Å². The molecule has 1 fully saturated rings. The minimum atomic E-state index is 0.157. The van der Waals surface area contributed by atoms with E-state index in [1.165, 1.54) is 18.4 Å². The first-order chi connectivity index (χ1) is 9.29. The van der Waals surface area contributed by atoms with Crippen LogP contribution in [0.3, 0.4) is 0 Å². The second-order valence-electron chi connectivity index (χ2n) is 6.94. The first-order valence-electron chi connectivity index (χ1n) is 7.37.